The summed E-state index contributed by atoms with van der Waals surface area (Å²) in [6.45, 7) is 7.13. The first-order chi connectivity index (χ1) is 7.54. The molecule has 0 aliphatic rings. The van der Waals surface area contributed by atoms with Gasteiger partial charge >= 0.3 is 0 Å². The number of nitrogens with one attached hydrogen (secondary N) is 1. The van der Waals surface area contributed by atoms with Gasteiger partial charge in [-0.1, -0.05) is 20.8 Å². The fraction of sp³-hybridized carbons (Fsp3) is 0.500. The average Bonchev–Trinajstić information content (AvgIpc) is 2.61. The summed E-state index contributed by atoms with van der Waals surface area (Å²) in [4.78, 5) is 11.9. The molecule has 86 valence electrons. The van der Waals surface area contributed by atoms with Crippen molar-refractivity contribution < 1.29 is 0 Å². The van der Waals surface area contributed by atoms with Gasteiger partial charge in [-0.2, -0.15) is 0 Å². The van der Waals surface area contributed by atoms with E-state index < -0.39 is 0 Å². The van der Waals surface area contributed by atoms with Crippen LogP contribution in [0.4, 0.5) is 0 Å². The van der Waals surface area contributed by atoms with Gasteiger partial charge in [0, 0.05) is 17.0 Å². The van der Waals surface area contributed by atoms with Crippen LogP contribution in [0, 0.1) is 0 Å². The molecule has 0 saturated carbocycles. The van der Waals surface area contributed by atoms with Crippen molar-refractivity contribution in [3.8, 4) is 0 Å². The van der Waals surface area contributed by atoms with Crippen LogP contribution >= 0.6 is 0 Å². The van der Waals surface area contributed by atoms with Crippen LogP contribution in [0.3, 0.4) is 0 Å². The Hall–Kier alpha value is -1.42. The standard InChI is InChI=1S/C12H18N4/c1-12(2,3)10-9-8(4-5-13)6-14-11(9)16-7-15-10/h6-7H,4-5,13H2,1-3H3,(H,14,15,16). The molecule has 0 unspecified atom stereocenters. The van der Waals surface area contributed by atoms with E-state index in [-0.39, 0.29) is 5.41 Å². The maximum atomic E-state index is 5.62. The summed E-state index contributed by atoms with van der Waals surface area (Å²) in [5.41, 5.74) is 8.84. The Balaban J connectivity index is 2.68. The summed E-state index contributed by atoms with van der Waals surface area (Å²) in [6, 6.07) is 0. The first-order valence-electron chi connectivity index (χ1n) is 5.55. The lowest BCUT2D eigenvalue weighted by Gasteiger charge is -2.18. The van der Waals surface area contributed by atoms with E-state index in [1.165, 1.54) is 5.56 Å². The zero-order chi connectivity index (χ0) is 11.8. The second kappa shape index (κ2) is 3.87. The number of rotatable bonds is 2. The van der Waals surface area contributed by atoms with E-state index >= 15 is 0 Å². The van der Waals surface area contributed by atoms with Gasteiger partial charge in [-0.25, -0.2) is 9.97 Å². The van der Waals surface area contributed by atoms with E-state index in [1.54, 1.807) is 6.33 Å². The van der Waals surface area contributed by atoms with Crippen LogP contribution in [0.1, 0.15) is 32.0 Å². The third kappa shape index (κ3) is 1.80. The number of nitrogens with zero attached hydrogens (tertiary/aromatic N) is 2. The lowest BCUT2D eigenvalue weighted by molar-refractivity contribution is 0.573. The van der Waals surface area contributed by atoms with Gasteiger partial charge in [0.05, 0.1) is 5.69 Å². The quantitative estimate of drug-likeness (QED) is 0.807. The largest absolute Gasteiger partial charge is 0.346 e. The van der Waals surface area contributed by atoms with E-state index in [4.69, 9.17) is 5.73 Å². The number of nitrogens with two attached hydrogens (primary N) is 1. The van der Waals surface area contributed by atoms with Crippen LogP contribution in [0.2, 0.25) is 0 Å². The molecule has 0 radical (unpaired) electrons. The summed E-state index contributed by atoms with van der Waals surface area (Å²) < 4.78 is 0. The molecule has 2 rings (SSSR count). The molecule has 0 aliphatic carbocycles. The Morgan fingerprint density at radius 2 is 2.06 bits per heavy atom. The molecule has 0 amide bonds. The molecule has 0 bridgehead atoms. The Labute approximate surface area is 95.3 Å². The highest BCUT2D eigenvalue weighted by atomic mass is 14.9. The highest BCUT2D eigenvalue weighted by Crippen LogP contribution is 2.29. The van der Waals surface area contributed by atoms with Crippen molar-refractivity contribution in [1.82, 2.24) is 15.0 Å². The molecule has 0 atom stereocenters. The highest BCUT2D eigenvalue weighted by Gasteiger charge is 2.21. The maximum Gasteiger partial charge on any atom is 0.141 e. The molecule has 0 saturated heterocycles. The minimum absolute atomic E-state index is 0.0206. The first-order valence-corrected chi connectivity index (χ1v) is 5.55. The van der Waals surface area contributed by atoms with E-state index in [0.717, 1.165) is 23.1 Å². The SMILES string of the molecule is CC(C)(C)c1ncnc2[nH]cc(CCN)c12. The Kier molecular flexibility index (Phi) is 2.68. The van der Waals surface area contributed by atoms with Gasteiger partial charge in [-0.15, -0.1) is 0 Å². The van der Waals surface area contributed by atoms with Gasteiger partial charge in [0.25, 0.3) is 0 Å². The minimum atomic E-state index is 0.0206. The summed E-state index contributed by atoms with van der Waals surface area (Å²) in [6.07, 6.45) is 4.46. The Morgan fingerprint density at radius 1 is 1.31 bits per heavy atom. The maximum absolute atomic E-state index is 5.62. The Bertz CT molecular complexity index is 493. The number of aromatic nitrogens is 3. The number of fused-ring (bicyclic) bond motifs is 1. The molecular formula is C12H18N4. The lowest BCUT2D eigenvalue weighted by Crippen LogP contribution is -2.15. The molecular weight excluding hydrogens is 200 g/mol. The normalized spacial score (nSPS) is 12.2. The van der Waals surface area contributed by atoms with Crippen LogP contribution in [0.25, 0.3) is 11.0 Å². The van der Waals surface area contributed by atoms with E-state index in [9.17, 15) is 0 Å². The van der Waals surface area contributed by atoms with E-state index in [1.807, 2.05) is 6.20 Å². The van der Waals surface area contributed by atoms with Crippen molar-refractivity contribution >= 4 is 11.0 Å². The molecule has 2 aromatic heterocycles. The molecule has 0 fully saturated rings. The molecule has 16 heavy (non-hydrogen) atoms. The second-order valence-electron chi connectivity index (χ2n) is 5.05. The van der Waals surface area contributed by atoms with Gasteiger partial charge in [0.15, 0.2) is 0 Å². The fourth-order valence-corrected chi connectivity index (χ4v) is 1.95. The molecule has 4 heteroatoms. The number of H-pyrrole nitrogens is 1. The van der Waals surface area contributed by atoms with Crippen molar-refractivity contribution in [1.29, 1.82) is 0 Å². The van der Waals surface area contributed by atoms with E-state index in [0.29, 0.717) is 6.54 Å². The van der Waals surface area contributed by atoms with Crippen LogP contribution < -0.4 is 5.73 Å². The molecule has 2 aromatic rings. The molecule has 0 aliphatic heterocycles. The third-order valence-electron chi connectivity index (χ3n) is 2.68. The Morgan fingerprint density at radius 3 is 2.69 bits per heavy atom. The smallest absolute Gasteiger partial charge is 0.141 e. The minimum Gasteiger partial charge on any atom is -0.346 e. The predicted octanol–water partition coefficient (Wildman–Crippen LogP) is 1.76. The molecule has 4 nitrogen and oxygen atoms in total. The summed E-state index contributed by atoms with van der Waals surface area (Å²) in [5.74, 6) is 0. The lowest BCUT2D eigenvalue weighted by atomic mass is 9.89. The predicted molar refractivity (Wildman–Crippen MR) is 65.3 cm³/mol. The zero-order valence-corrected chi connectivity index (χ0v) is 10.0. The summed E-state index contributed by atoms with van der Waals surface area (Å²) >= 11 is 0. The molecule has 0 spiro atoms. The van der Waals surface area contributed by atoms with Gasteiger partial charge in [0.2, 0.25) is 0 Å². The van der Waals surface area contributed by atoms with Crippen molar-refractivity contribution in [3.05, 3.63) is 23.8 Å². The van der Waals surface area contributed by atoms with Crippen molar-refractivity contribution in [2.75, 3.05) is 6.54 Å². The van der Waals surface area contributed by atoms with Gasteiger partial charge in [0.1, 0.15) is 12.0 Å². The topological polar surface area (TPSA) is 67.6 Å². The number of hydrogen-bond acceptors (Lipinski definition) is 3. The zero-order valence-electron chi connectivity index (χ0n) is 10.0. The van der Waals surface area contributed by atoms with Crippen LogP contribution in [-0.2, 0) is 11.8 Å². The van der Waals surface area contributed by atoms with Crippen molar-refractivity contribution in [2.24, 2.45) is 5.73 Å². The molecule has 2 heterocycles. The van der Waals surface area contributed by atoms with Crippen molar-refractivity contribution in [2.45, 2.75) is 32.6 Å². The second-order valence-corrected chi connectivity index (χ2v) is 5.05. The molecule has 0 aromatic carbocycles. The highest BCUT2D eigenvalue weighted by molar-refractivity contribution is 5.83. The monoisotopic (exact) mass is 218 g/mol. The van der Waals surface area contributed by atoms with Crippen molar-refractivity contribution in [3.63, 3.8) is 0 Å². The first kappa shape index (κ1) is 11.1. The van der Waals surface area contributed by atoms with Gasteiger partial charge < -0.3 is 10.7 Å². The van der Waals surface area contributed by atoms with Crippen LogP contribution in [0.5, 0.6) is 0 Å². The van der Waals surface area contributed by atoms with Crippen LogP contribution in [0.15, 0.2) is 12.5 Å². The average molecular weight is 218 g/mol. The van der Waals surface area contributed by atoms with Gasteiger partial charge in [-0.05, 0) is 18.5 Å². The number of aromatic amines is 1. The van der Waals surface area contributed by atoms with Gasteiger partial charge in [-0.3, -0.25) is 0 Å². The fourth-order valence-electron chi connectivity index (χ4n) is 1.95. The summed E-state index contributed by atoms with van der Waals surface area (Å²) in [7, 11) is 0. The number of hydrogen-bond donors (Lipinski definition) is 2. The van der Waals surface area contributed by atoms with E-state index in [2.05, 4.69) is 35.7 Å². The third-order valence-corrected chi connectivity index (χ3v) is 2.68. The van der Waals surface area contributed by atoms with Crippen LogP contribution in [-0.4, -0.2) is 21.5 Å². The molecule has 3 N–H and O–H groups in total. The summed E-state index contributed by atoms with van der Waals surface area (Å²) in [5, 5.41) is 1.14.